The Balaban J connectivity index is 2.55. The summed E-state index contributed by atoms with van der Waals surface area (Å²) in [5.41, 5.74) is 6.46. The summed E-state index contributed by atoms with van der Waals surface area (Å²) in [5, 5.41) is 7.58. The minimum atomic E-state index is -0.329. The maximum Gasteiger partial charge on any atom is 0.146 e. The molecule has 4 nitrogen and oxygen atoms in total. The van der Waals surface area contributed by atoms with Crippen LogP contribution in [0, 0.1) is 11.2 Å². The van der Waals surface area contributed by atoms with Crippen LogP contribution in [0.2, 0.25) is 0 Å². The zero-order chi connectivity index (χ0) is 13.8. The Kier molecular flexibility index (Phi) is 3.75. The topological polar surface area (TPSA) is 66.0 Å². The summed E-state index contributed by atoms with van der Waals surface area (Å²) in [6.07, 6.45) is 1.60. The number of pyridine rings is 1. The molecule has 1 heterocycles. The van der Waals surface area contributed by atoms with E-state index in [1.54, 1.807) is 41.4 Å². The largest absolute Gasteiger partial charge is 0.384 e. The summed E-state index contributed by atoms with van der Waals surface area (Å²) in [5.74, 6) is 0.0741. The molecule has 0 saturated heterocycles. The van der Waals surface area contributed by atoms with Crippen molar-refractivity contribution in [3.05, 3.63) is 54.0 Å². The highest BCUT2D eigenvalue weighted by Crippen LogP contribution is 2.28. The first kappa shape index (κ1) is 13.0. The molecule has 5 heteroatoms. The molecule has 0 aliphatic heterocycles. The minimum Gasteiger partial charge on any atom is -0.384 e. The molecule has 1 aromatic carbocycles. The Labute approximate surface area is 111 Å². The van der Waals surface area contributed by atoms with E-state index < -0.39 is 0 Å². The number of benzene rings is 1. The number of nitrogens with one attached hydrogen (secondary N) is 1. The van der Waals surface area contributed by atoms with E-state index >= 15 is 0 Å². The van der Waals surface area contributed by atoms with E-state index in [4.69, 9.17) is 11.1 Å². The average molecular weight is 258 g/mol. The van der Waals surface area contributed by atoms with Gasteiger partial charge in [-0.15, -0.1) is 0 Å². The summed E-state index contributed by atoms with van der Waals surface area (Å²) in [7, 11) is 0. The first-order chi connectivity index (χ1) is 9.15. The van der Waals surface area contributed by atoms with Crippen molar-refractivity contribution in [2.24, 2.45) is 5.73 Å². The number of aromatic nitrogens is 1. The number of rotatable bonds is 4. The maximum absolute atomic E-state index is 13.9. The van der Waals surface area contributed by atoms with Crippen LogP contribution in [-0.4, -0.2) is 17.4 Å². The van der Waals surface area contributed by atoms with Crippen LogP contribution in [0.15, 0.2) is 42.6 Å². The number of amidine groups is 1. The number of nitrogens with two attached hydrogens (primary N) is 1. The van der Waals surface area contributed by atoms with Gasteiger partial charge in [-0.25, -0.2) is 9.37 Å². The lowest BCUT2D eigenvalue weighted by atomic mass is 10.2. The van der Waals surface area contributed by atoms with Gasteiger partial charge in [0.1, 0.15) is 17.5 Å². The van der Waals surface area contributed by atoms with Gasteiger partial charge < -0.3 is 10.6 Å². The molecule has 2 aromatic rings. The minimum absolute atomic E-state index is 0.0853. The van der Waals surface area contributed by atoms with Crippen molar-refractivity contribution in [1.29, 1.82) is 5.41 Å². The summed E-state index contributed by atoms with van der Waals surface area (Å²) >= 11 is 0. The second-order valence-corrected chi connectivity index (χ2v) is 3.98. The van der Waals surface area contributed by atoms with Gasteiger partial charge in [0.2, 0.25) is 0 Å². The second kappa shape index (κ2) is 5.48. The van der Waals surface area contributed by atoms with E-state index in [1.807, 2.05) is 6.92 Å². The number of anilines is 2. The number of hydrogen-bond acceptors (Lipinski definition) is 3. The number of hydrogen-bond donors (Lipinski definition) is 2. The smallest absolute Gasteiger partial charge is 0.146 e. The molecule has 3 N–H and O–H groups in total. The van der Waals surface area contributed by atoms with E-state index in [-0.39, 0.29) is 11.7 Å². The van der Waals surface area contributed by atoms with Gasteiger partial charge in [-0.1, -0.05) is 12.1 Å². The van der Waals surface area contributed by atoms with Crippen molar-refractivity contribution in [3.63, 3.8) is 0 Å². The molecular weight excluding hydrogens is 243 g/mol. The Morgan fingerprint density at radius 3 is 2.68 bits per heavy atom. The highest BCUT2D eigenvalue weighted by atomic mass is 19.1. The molecule has 2 rings (SSSR count). The highest BCUT2D eigenvalue weighted by Gasteiger charge is 2.17. The van der Waals surface area contributed by atoms with Crippen LogP contribution in [0.25, 0.3) is 0 Å². The average Bonchev–Trinajstić information content (AvgIpc) is 2.42. The predicted molar refractivity (Wildman–Crippen MR) is 74.3 cm³/mol. The number of nitrogen functional groups attached to an aromatic ring is 1. The van der Waals surface area contributed by atoms with Gasteiger partial charge in [0, 0.05) is 12.7 Å². The molecule has 0 amide bonds. The molecule has 1 aromatic heterocycles. The molecule has 0 unspecified atom stereocenters. The van der Waals surface area contributed by atoms with E-state index in [0.29, 0.717) is 23.6 Å². The van der Waals surface area contributed by atoms with Gasteiger partial charge in [-0.3, -0.25) is 5.41 Å². The van der Waals surface area contributed by atoms with Crippen molar-refractivity contribution in [2.45, 2.75) is 6.92 Å². The zero-order valence-electron chi connectivity index (χ0n) is 10.6. The molecule has 98 valence electrons. The van der Waals surface area contributed by atoms with Crippen molar-refractivity contribution < 1.29 is 4.39 Å². The number of para-hydroxylation sites is 1. The highest BCUT2D eigenvalue weighted by molar-refractivity contribution is 6.00. The zero-order valence-corrected chi connectivity index (χ0v) is 10.6. The van der Waals surface area contributed by atoms with Gasteiger partial charge in [0.25, 0.3) is 0 Å². The summed E-state index contributed by atoms with van der Waals surface area (Å²) < 4.78 is 13.9. The van der Waals surface area contributed by atoms with Crippen LogP contribution in [0.3, 0.4) is 0 Å². The van der Waals surface area contributed by atoms with E-state index in [0.717, 1.165) is 0 Å². The van der Waals surface area contributed by atoms with Gasteiger partial charge in [0.15, 0.2) is 0 Å². The number of halogens is 1. The van der Waals surface area contributed by atoms with E-state index in [9.17, 15) is 4.39 Å². The molecular formula is C14H15FN4. The van der Waals surface area contributed by atoms with Crippen LogP contribution in [0.5, 0.6) is 0 Å². The van der Waals surface area contributed by atoms with Crippen molar-refractivity contribution >= 4 is 17.3 Å². The molecule has 0 fully saturated rings. The summed E-state index contributed by atoms with van der Waals surface area (Å²) in [6, 6.07) is 9.88. The summed E-state index contributed by atoms with van der Waals surface area (Å²) in [6.45, 7) is 2.42. The molecule has 0 saturated carbocycles. The lowest BCUT2D eigenvalue weighted by Crippen LogP contribution is -2.23. The van der Waals surface area contributed by atoms with Gasteiger partial charge >= 0.3 is 0 Å². The van der Waals surface area contributed by atoms with Crippen molar-refractivity contribution in [2.75, 3.05) is 11.4 Å². The quantitative estimate of drug-likeness (QED) is 0.654. The van der Waals surface area contributed by atoms with Gasteiger partial charge in [-0.05, 0) is 31.2 Å². The third-order valence-electron chi connectivity index (χ3n) is 2.79. The third kappa shape index (κ3) is 2.54. The third-order valence-corrected chi connectivity index (χ3v) is 2.79. The SMILES string of the molecule is CCN(c1ccccc1F)c1ncccc1C(=N)N. The molecule has 0 atom stereocenters. The second-order valence-electron chi connectivity index (χ2n) is 3.98. The molecule has 0 bridgehead atoms. The number of nitrogens with zero attached hydrogens (tertiary/aromatic N) is 2. The van der Waals surface area contributed by atoms with Gasteiger partial charge in [-0.2, -0.15) is 0 Å². The fourth-order valence-corrected chi connectivity index (χ4v) is 1.93. The molecule has 0 radical (unpaired) electrons. The van der Waals surface area contributed by atoms with Crippen LogP contribution < -0.4 is 10.6 Å². The summed E-state index contributed by atoms with van der Waals surface area (Å²) in [4.78, 5) is 5.93. The molecule has 0 aliphatic rings. The van der Waals surface area contributed by atoms with Crippen molar-refractivity contribution in [1.82, 2.24) is 4.98 Å². The normalized spacial score (nSPS) is 10.2. The van der Waals surface area contributed by atoms with Crippen molar-refractivity contribution in [3.8, 4) is 0 Å². The van der Waals surface area contributed by atoms with E-state index in [1.165, 1.54) is 6.07 Å². The standard InChI is InChI=1S/C14H15FN4/c1-2-19(12-8-4-3-7-11(12)15)14-10(13(16)17)6-5-9-18-14/h3-9H,2H2,1H3,(H3,16,17). The van der Waals surface area contributed by atoms with E-state index in [2.05, 4.69) is 4.98 Å². The Morgan fingerprint density at radius 1 is 1.32 bits per heavy atom. The van der Waals surface area contributed by atoms with Crippen LogP contribution in [0.4, 0.5) is 15.9 Å². The predicted octanol–water partition coefficient (Wildman–Crippen LogP) is 2.66. The Morgan fingerprint density at radius 2 is 2.05 bits per heavy atom. The van der Waals surface area contributed by atoms with Gasteiger partial charge in [0.05, 0.1) is 11.3 Å². The van der Waals surface area contributed by atoms with Crippen LogP contribution in [0.1, 0.15) is 12.5 Å². The first-order valence-corrected chi connectivity index (χ1v) is 5.96. The first-order valence-electron chi connectivity index (χ1n) is 5.96. The Bertz CT molecular complexity index is 598. The maximum atomic E-state index is 13.9. The monoisotopic (exact) mass is 258 g/mol. The molecule has 19 heavy (non-hydrogen) atoms. The molecule has 0 aliphatic carbocycles. The van der Waals surface area contributed by atoms with Crippen LogP contribution in [-0.2, 0) is 0 Å². The lowest BCUT2D eigenvalue weighted by Gasteiger charge is -2.24. The fourth-order valence-electron chi connectivity index (χ4n) is 1.93. The fraction of sp³-hybridized carbons (Fsp3) is 0.143. The van der Waals surface area contributed by atoms with Crippen LogP contribution >= 0.6 is 0 Å². The lowest BCUT2D eigenvalue weighted by molar-refractivity contribution is 0.625. The Hall–Kier alpha value is -2.43. The molecule has 0 spiro atoms.